The number of hydrogen-bond acceptors (Lipinski definition) is 0. The van der Waals surface area contributed by atoms with Gasteiger partial charge < -0.3 is 5.32 Å². The number of quaternary nitrogens is 1. The van der Waals surface area contributed by atoms with Crippen LogP contribution in [0, 0.1) is 23.2 Å². The van der Waals surface area contributed by atoms with Crippen molar-refractivity contribution in [1.29, 1.82) is 0 Å². The van der Waals surface area contributed by atoms with Gasteiger partial charge in [-0.05, 0) is 88.4 Å². The van der Waals surface area contributed by atoms with E-state index in [1.54, 1.807) is 44.9 Å². The van der Waals surface area contributed by atoms with Crippen LogP contribution in [-0.2, 0) is 0 Å². The van der Waals surface area contributed by atoms with E-state index in [1.165, 1.54) is 38.6 Å². The molecule has 0 radical (unpaired) electrons. The minimum Gasteiger partial charge on any atom is -0.343 e. The van der Waals surface area contributed by atoms with Crippen molar-refractivity contribution in [3.63, 3.8) is 0 Å². The van der Waals surface area contributed by atoms with E-state index in [1.807, 2.05) is 0 Å². The molecule has 2 unspecified atom stereocenters. The first-order valence-corrected chi connectivity index (χ1v) is 9.15. The van der Waals surface area contributed by atoms with Crippen LogP contribution in [0.4, 0.5) is 0 Å². The molecule has 19 heavy (non-hydrogen) atoms. The molecule has 0 saturated heterocycles. The van der Waals surface area contributed by atoms with Crippen LogP contribution in [0.2, 0.25) is 0 Å². The summed E-state index contributed by atoms with van der Waals surface area (Å²) in [7, 11) is 0. The van der Waals surface area contributed by atoms with E-state index in [4.69, 9.17) is 0 Å². The third kappa shape index (κ3) is 2.60. The van der Waals surface area contributed by atoms with Gasteiger partial charge in [-0.3, -0.25) is 0 Å². The van der Waals surface area contributed by atoms with Gasteiger partial charge in [0.2, 0.25) is 0 Å². The van der Waals surface area contributed by atoms with E-state index < -0.39 is 0 Å². The smallest absolute Gasteiger partial charge is 0.0859 e. The molecular weight excluding hydrogens is 230 g/mol. The lowest BCUT2D eigenvalue weighted by Gasteiger charge is -2.44. The highest BCUT2D eigenvalue weighted by atomic mass is 14.9. The molecule has 5 rings (SSSR count). The van der Waals surface area contributed by atoms with Gasteiger partial charge in [-0.25, -0.2) is 0 Å². The molecule has 4 bridgehead atoms. The molecule has 1 heteroatoms. The highest BCUT2D eigenvalue weighted by Gasteiger charge is 2.48. The first-order chi connectivity index (χ1) is 9.31. The largest absolute Gasteiger partial charge is 0.343 e. The fourth-order valence-corrected chi connectivity index (χ4v) is 6.35. The van der Waals surface area contributed by atoms with E-state index in [0.717, 1.165) is 29.2 Å². The quantitative estimate of drug-likeness (QED) is 0.802. The Labute approximate surface area is 118 Å². The van der Waals surface area contributed by atoms with E-state index in [9.17, 15) is 0 Å². The maximum absolute atomic E-state index is 2.80. The number of hydrogen-bond donors (Lipinski definition) is 1. The van der Waals surface area contributed by atoms with Crippen LogP contribution in [0.1, 0.15) is 77.0 Å². The third-order valence-electron chi connectivity index (χ3n) is 7.06. The van der Waals surface area contributed by atoms with E-state index in [0.29, 0.717) is 0 Å². The minimum absolute atomic E-state index is 0.774. The lowest BCUT2D eigenvalue weighted by atomic mass is 9.61. The average Bonchev–Trinajstić information content (AvgIpc) is 2.63. The van der Waals surface area contributed by atoms with Gasteiger partial charge in [0.25, 0.3) is 0 Å². The van der Waals surface area contributed by atoms with E-state index >= 15 is 0 Å². The van der Waals surface area contributed by atoms with Gasteiger partial charge in [0.1, 0.15) is 0 Å². The molecule has 5 fully saturated rings. The fourth-order valence-electron chi connectivity index (χ4n) is 6.35. The summed E-state index contributed by atoms with van der Waals surface area (Å²) >= 11 is 0. The standard InChI is InChI=1S/C18H31N/c1-2-4-17(5-3-1)19-13-18-7-6-14-8-15(11-18)10-16(9-14)12-18/h14-17,19H,1-13H2/p+1/t14?,15-,16+,18?. The van der Waals surface area contributed by atoms with Crippen LogP contribution in [0.15, 0.2) is 0 Å². The third-order valence-corrected chi connectivity index (χ3v) is 7.06. The molecule has 2 N–H and O–H groups in total. The van der Waals surface area contributed by atoms with Crippen LogP contribution >= 0.6 is 0 Å². The molecule has 0 aliphatic heterocycles. The van der Waals surface area contributed by atoms with Crippen molar-refractivity contribution in [2.75, 3.05) is 6.54 Å². The normalized spacial score (nSPS) is 46.4. The van der Waals surface area contributed by atoms with Crippen molar-refractivity contribution in [1.82, 2.24) is 0 Å². The second-order valence-corrected chi connectivity index (χ2v) is 8.59. The fraction of sp³-hybridized carbons (Fsp3) is 1.00. The van der Waals surface area contributed by atoms with Gasteiger partial charge in [-0.2, -0.15) is 0 Å². The summed E-state index contributed by atoms with van der Waals surface area (Å²) in [6.07, 6.45) is 18.7. The zero-order valence-corrected chi connectivity index (χ0v) is 12.6. The molecule has 0 aromatic carbocycles. The Bertz CT molecular complexity index is 304. The van der Waals surface area contributed by atoms with Gasteiger partial charge in [-0.15, -0.1) is 0 Å². The zero-order valence-electron chi connectivity index (χ0n) is 12.6. The highest BCUT2D eigenvalue weighted by Crippen LogP contribution is 2.56. The summed E-state index contributed by atoms with van der Waals surface area (Å²) in [5.41, 5.74) is 0.774. The van der Waals surface area contributed by atoms with Crippen molar-refractivity contribution in [3.8, 4) is 0 Å². The summed E-state index contributed by atoms with van der Waals surface area (Å²) < 4.78 is 0. The van der Waals surface area contributed by atoms with Gasteiger partial charge in [0.15, 0.2) is 0 Å². The lowest BCUT2D eigenvalue weighted by Crippen LogP contribution is -2.92. The lowest BCUT2D eigenvalue weighted by molar-refractivity contribution is -0.703. The van der Waals surface area contributed by atoms with E-state index in [2.05, 4.69) is 5.32 Å². The second-order valence-electron chi connectivity index (χ2n) is 8.59. The first-order valence-electron chi connectivity index (χ1n) is 9.15. The zero-order chi connectivity index (χ0) is 12.7. The van der Waals surface area contributed by atoms with Gasteiger partial charge in [0, 0.05) is 5.41 Å². The van der Waals surface area contributed by atoms with Crippen molar-refractivity contribution >= 4 is 0 Å². The van der Waals surface area contributed by atoms with E-state index in [-0.39, 0.29) is 0 Å². The van der Waals surface area contributed by atoms with Crippen LogP contribution in [0.25, 0.3) is 0 Å². The van der Waals surface area contributed by atoms with Crippen LogP contribution in [0.5, 0.6) is 0 Å². The second kappa shape index (κ2) is 5.06. The molecule has 0 amide bonds. The highest BCUT2D eigenvalue weighted by molar-refractivity contribution is 4.97. The Morgan fingerprint density at radius 3 is 2.21 bits per heavy atom. The number of rotatable bonds is 3. The molecular formula is C18H32N+. The SMILES string of the molecule is C1CCC([NH2+]CC23CCC4C[C@H](C[C@H](C4)C2)C3)CC1. The first kappa shape index (κ1) is 12.7. The molecule has 0 aromatic heterocycles. The molecule has 0 spiro atoms. The summed E-state index contributed by atoms with van der Waals surface area (Å²) in [5.74, 6) is 3.38. The Hall–Kier alpha value is -0.0400. The average molecular weight is 262 g/mol. The molecule has 108 valence electrons. The summed E-state index contributed by atoms with van der Waals surface area (Å²) in [5, 5.41) is 2.80. The molecule has 5 saturated carbocycles. The van der Waals surface area contributed by atoms with Crippen molar-refractivity contribution in [2.45, 2.75) is 83.1 Å². The predicted octanol–water partition coefficient (Wildman–Crippen LogP) is 3.49. The maximum Gasteiger partial charge on any atom is 0.0859 e. The van der Waals surface area contributed by atoms with Crippen LogP contribution in [0.3, 0.4) is 0 Å². The van der Waals surface area contributed by atoms with Crippen molar-refractivity contribution in [2.24, 2.45) is 23.2 Å². The molecule has 0 aromatic rings. The molecule has 5 aliphatic carbocycles. The van der Waals surface area contributed by atoms with Crippen LogP contribution < -0.4 is 5.32 Å². The Morgan fingerprint density at radius 2 is 1.47 bits per heavy atom. The number of nitrogens with two attached hydrogens (primary N) is 1. The van der Waals surface area contributed by atoms with Gasteiger partial charge in [-0.1, -0.05) is 6.42 Å². The Kier molecular flexibility index (Phi) is 3.38. The molecule has 4 atom stereocenters. The summed E-state index contributed by atoms with van der Waals surface area (Å²) in [6.45, 7) is 1.48. The molecule has 0 heterocycles. The predicted molar refractivity (Wildman–Crippen MR) is 78.9 cm³/mol. The van der Waals surface area contributed by atoms with Crippen molar-refractivity contribution in [3.05, 3.63) is 0 Å². The molecule has 5 aliphatic rings. The maximum atomic E-state index is 2.80. The number of fused-ring (bicyclic) bond motifs is 1. The van der Waals surface area contributed by atoms with Gasteiger partial charge in [0.05, 0.1) is 12.6 Å². The summed E-state index contributed by atoms with van der Waals surface area (Å²) in [6, 6.07) is 0.988. The van der Waals surface area contributed by atoms with Crippen molar-refractivity contribution < 1.29 is 5.32 Å². The minimum atomic E-state index is 0.774. The Balaban J connectivity index is 1.41. The molecule has 1 nitrogen and oxygen atoms in total. The topological polar surface area (TPSA) is 16.6 Å². The Morgan fingerprint density at radius 1 is 0.789 bits per heavy atom. The van der Waals surface area contributed by atoms with Gasteiger partial charge >= 0.3 is 0 Å². The summed E-state index contributed by atoms with van der Waals surface area (Å²) in [4.78, 5) is 0. The van der Waals surface area contributed by atoms with Crippen LogP contribution in [-0.4, -0.2) is 12.6 Å². The monoisotopic (exact) mass is 262 g/mol.